The average Bonchev–Trinajstić information content (AvgIpc) is 2.78. The summed E-state index contributed by atoms with van der Waals surface area (Å²) in [5, 5.41) is 13.5. The molecule has 0 unspecified atom stereocenters. The summed E-state index contributed by atoms with van der Waals surface area (Å²) in [6.45, 7) is 0. The molecule has 0 radical (unpaired) electrons. The van der Waals surface area contributed by atoms with E-state index in [9.17, 15) is 4.79 Å². The maximum Gasteiger partial charge on any atom is 0.338 e. The zero-order valence-electron chi connectivity index (χ0n) is 8.36. The van der Waals surface area contributed by atoms with Gasteiger partial charge in [-0.25, -0.2) is 19.4 Å². The summed E-state index contributed by atoms with van der Waals surface area (Å²) in [6, 6.07) is 1.74. The third-order valence-electron chi connectivity index (χ3n) is 1.90. The third kappa shape index (κ3) is 2.03. The Labute approximate surface area is 95.3 Å². The molecule has 2 aromatic heterocycles. The minimum absolute atomic E-state index is 0.129. The van der Waals surface area contributed by atoms with E-state index in [0.29, 0.717) is 5.82 Å². The molecule has 0 saturated carbocycles. The van der Waals surface area contributed by atoms with Crippen LogP contribution in [0.4, 0.5) is 0 Å². The van der Waals surface area contributed by atoms with E-state index in [2.05, 4.69) is 15.1 Å². The second-order valence-corrected chi connectivity index (χ2v) is 3.72. The van der Waals surface area contributed by atoms with Gasteiger partial charge in [-0.1, -0.05) is 0 Å². The molecular weight excluding hydrogens is 228 g/mol. The van der Waals surface area contributed by atoms with E-state index in [0.717, 1.165) is 5.03 Å². The summed E-state index contributed by atoms with van der Waals surface area (Å²) in [7, 11) is 0. The quantitative estimate of drug-likeness (QED) is 0.634. The van der Waals surface area contributed by atoms with Gasteiger partial charge >= 0.3 is 5.97 Å². The summed E-state index contributed by atoms with van der Waals surface area (Å²) < 4.78 is 1.41. The molecule has 0 fully saturated rings. The molecule has 0 aliphatic heterocycles. The van der Waals surface area contributed by atoms with E-state index in [-0.39, 0.29) is 5.56 Å². The van der Waals surface area contributed by atoms with Gasteiger partial charge in [-0.15, -0.1) is 11.8 Å². The standard InChI is InChI=1S/C9H8N4O2S/c1-16-8-2-7(10-5-11-8)13-4-6(3-12-13)9(14)15/h2-5H,1H3,(H,14,15). The largest absolute Gasteiger partial charge is 0.478 e. The van der Waals surface area contributed by atoms with Crippen molar-refractivity contribution in [3.05, 3.63) is 30.4 Å². The van der Waals surface area contributed by atoms with Crippen LogP contribution in [-0.2, 0) is 0 Å². The number of thioether (sulfide) groups is 1. The molecule has 2 aromatic rings. The zero-order valence-corrected chi connectivity index (χ0v) is 9.18. The Balaban J connectivity index is 2.38. The second kappa shape index (κ2) is 4.31. The van der Waals surface area contributed by atoms with Crippen molar-refractivity contribution in [3.63, 3.8) is 0 Å². The van der Waals surface area contributed by atoms with E-state index >= 15 is 0 Å². The first-order chi connectivity index (χ1) is 7.70. The first-order valence-corrected chi connectivity index (χ1v) is 5.57. The van der Waals surface area contributed by atoms with Crippen molar-refractivity contribution in [1.29, 1.82) is 0 Å². The van der Waals surface area contributed by atoms with Crippen molar-refractivity contribution in [2.45, 2.75) is 5.03 Å². The van der Waals surface area contributed by atoms with Crippen LogP contribution in [0.1, 0.15) is 10.4 Å². The fourth-order valence-electron chi connectivity index (χ4n) is 1.13. The monoisotopic (exact) mass is 236 g/mol. The van der Waals surface area contributed by atoms with Crippen LogP contribution < -0.4 is 0 Å². The van der Waals surface area contributed by atoms with Gasteiger partial charge in [-0.2, -0.15) is 5.10 Å². The molecule has 82 valence electrons. The van der Waals surface area contributed by atoms with Gasteiger partial charge in [0.15, 0.2) is 5.82 Å². The van der Waals surface area contributed by atoms with Crippen molar-refractivity contribution < 1.29 is 9.90 Å². The Kier molecular flexibility index (Phi) is 2.86. The van der Waals surface area contributed by atoms with E-state index in [4.69, 9.17) is 5.11 Å². The van der Waals surface area contributed by atoms with Crippen LogP contribution in [0.5, 0.6) is 0 Å². The van der Waals surface area contributed by atoms with Crippen LogP contribution >= 0.6 is 11.8 Å². The fourth-order valence-corrected chi connectivity index (χ4v) is 1.50. The SMILES string of the molecule is CSc1cc(-n2cc(C(=O)O)cn2)ncn1. The lowest BCUT2D eigenvalue weighted by Gasteiger charge is -2.00. The van der Waals surface area contributed by atoms with Gasteiger partial charge in [0.25, 0.3) is 0 Å². The number of aromatic nitrogens is 4. The van der Waals surface area contributed by atoms with E-state index in [1.165, 1.54) is 35.2 Å². The van der Waals surface area contributed by atoms with Crippen molar-refractivity contribution >= 4 is 17.7 Å². The number of aromatic carboxylic acids is 1. The maximum atomic E-state index is 10.7. The van der Waals surface area contributed by atoms with Crippen LogP contribution in [-0.4, -0.2) is 37.1 Å². The summed E-state index contributed by atoms with van der Waals surface area (Å²) >= 11 is 1.48. The highest BCUT2D eigenvalue weighted by atomic mass is 32.2. The number of carbonyl (C=O) groups is 1. The van der Waals surface area contributed by atoms with E-state index in [1.807, 2.05) is 6.26 Å². The molecule has 0 aromatic carbocycles. The first kappa shape index (κ1) is 10.6. The summed E-state index contributed by atoms with van der Waals surface area (Å²) in [5.74, 6) is -0.461. The number of rotatable bonds is 3. The zero-order chi connectivity index (χ0) is 11.5. The topological polar surface area (TPSA) is 80.9 Å². The Morgan fingerprint density at radius 1 is 1.50 bits per heavy atom. The van der Waals surface area contributed by atoms with Crippen molar-refractivity contribution in [1.82, 2.24) is 19.7 Å². The second-order valence-electron chi connectivity index (χ2n) is 2.90. The number of hydrogen-bond donors (Lipinski definition) is 1. The maximum absolute atomic E-state index is 10.7. The van der Waals surface area contributed by atoms with Crippen molar-refractivity contribution in [2.75, 3.05) is 6.26 Å². The molecule has 0 aliphatic carbocycles. The molecule has 0 amide bonds. The Morgan fingerprint density at radius 3 is 2.94 bits per heavy atom. The van der Waals surface area contributed by atoms with Gasteiger partial charge in [-0.3, -0.25) is 0 Å². The van der Waals surface area contributed by atoms with Gasteiger partial charge in [-0.05, 0) is 6.26 Å². The molecule has 2 rings (SSSR count). The third-order valence-corrected chi connectivity index (χ3v) is 2.54. The van der Waals surface area contributed by atoms with Gasteiger partial charge in [0, 0.05) is 12.3 Å². The summed E-state index contributed by atoms with van der Waals surface area (Å²) in [6.07, 6.45) is 6.01. The van der Waals surface area contributed by atoms with Gasteiger partial charge in [0.1, 0.15) is 11.4 Å². The smallest absolute Gasteiger partial charge is 0.338 e. The number of carboxylic acid groups (broad SMARTS) is 1. The molecule has 2 heterocycles. The summed E-state index contributed by atoms with van der Waals surface area (Å²) in [4.78, 5) is 18.7. The lowest BCUT2D eigenvalue weighted by atomic mass is 10.4. The fraction of sp³-hybridized carbons (Fsp3) is 0.111. The lowest BCUT2D eigenvalue weighted by Crippen LogP contribution is -1.99. The average molecular weight is 236 g/mol. The van der Waals surface area contributed by atoms with E-state index < -0.39 is 5.97 Å². The van der Waals surface area contributed by atoms with E-state index in [1.54, 1.807) is 6.07 Å². The molecule has 0 aliphatic rings. The van der Waals surface area contributed by atoms with Crippen LogP contribution in [0.3, 0.4) is 0 Å². The van der Waals surface area contributed by atoms with Crippen LogP contribution in [0, 0.1) is 0 Å². The molecule has 0 spiro atoms. The van der Waals surface area contributed by atoms with Crippen LogP contribution in [0.2, 0.25) is 0 Å². The highest BCUT2D eigenvalue weighted by molar-refractivity contribution is 7.98. The first-order valence-electron chi connectivity index (χ1n) is 4.35. The molecule has 16 heavy (non-hydrogen) atoms. The molecule has 1 N–H and O–H groups in total. The molecule has 7 heteroatoms. The summed E-state index contributed by atoms with van der Waals surface area (Å²) in [5.41, 5.74) is 0.129. The molecule has 0 saturated heterocycles. The van der Waals surface area contributed by atoms with Crippen LogP contribution in [0.25, 0.3) is 5.82 Å². The predicted molar refractivity (Wildman–Crippen MR) is 57.9 cm³/mol. The number of nitrogens with zero attached hydrogens (tertiary/aromatic N) is 4. The minimum atomic E-state index is -1.01. The lowest BCUT2D eigenvalue weighted by molar-refractivity contribution is 0.0697. The Hall–Kier alpha value is -1.89. The minimum Gasteiger partial charge on any atom is -0.478 e. The Bertz CT molecular complexity index is 526. The molecule has 0 bridgehead atoms. The van der Waals surface area contributed by atoms with Gasteiger partial charge in [0.2, 0.25) is 0 Å². The molecule has 6 nitrogen and oxygen atoms in total. The highest BCUT2D eigenvalue weighted by Gasteiger charge is 2.08. The highest BCUT2D eigenvalue weighted by Crippen LogP contribution is 2.13. The number of carboxylic acids is 1. The predicted octanol–water partition coefficient (Wildman–Crippen LogP) is 1.08. The Morgan fingerprint density at radius 2 is 2.31 bits per heavy atom. The molecule has 0 atom stereocenters. The van der Waals surface area contributed by atoms with Crippen LogP contribution in [0.15, 0.2) is 29.8 Å². The van der Waals surface area contributed by atoms with Crippen molar-refractivity contribution in [3.8, 4) is 5.82 Å². The van der Waals surface area contributed by atoms with Crippen molar-refractivity contribution in [2.24, 2.45) is 0 Å². The number of hydrogen-bond acceptors (Lipinski definition) is 5. The van der Waals surface area contributed by atoms with Gasteiger partial charge in [0.05, 0.1) is 11.8 Å². The normalized spacial score (nSPS) is 10.3. The van der Waals surface area contributed by atoms with Gasteiger partial charge < -0.3 is 5.11 Å². The molecular formula is C9H8N4O2S.